The molecule has 0 radical (unpaired) electrons. The summed E-state index contributed by atoms with van der Waals surface area (Å²) in [5.41, 5.74) is 0.810. The van der Waals surface area contributed by atoms with Crippen LogP contribution >= 0.6 is 0 Å². The highest BCUT2D eigenvalue weighted by Gasteiger charge is 2.44. The molecule has 98 valence electrons. The molecule has 1 aromatic heterocycles. The molecule has 1 aliphatic carbocycles. The molecule has 1 aliphatic rings. The number of methoxy groups -OCH3 is 1. The van der Waals surface area contributed by atoms with Crippen LogP contribution < -0.4 is 5.32 Å². The van der Waals surface area contributed by atoms with Crippen molar-refractivity contribution in [1.29, 1.82) is 0 Å². The Kier molecular flexibility index (Phi) is 4.31. The Morgan fingerprint density at radius 3 is 2.89 bits per heavy atom. The number of hydrogen-bond donors (Lipinski definition) is 1. The van der Waals surface area contributed by atoms with Gasteiger partial charge in [0.05, 0.1) is 12.5 Å². The summed E-state index contributed by atoms with van der Waals surface area (Å²) in [6, 6.07) is 5.92. The number of nitrogens with zero attached hydrogens (tertiary/aromatic N) is 1. The van der Waals surface area contributed by atoms with Crippen LogP contribution in [0.5, 0.6) is 0 Å². The number of ether oxygens (including phenoxy) is 1. The number of carbonyl (C=O) groups is 1. The minimum Gasteiger partial charge on any atom is -0.469 e. The van der Waals surface area contributed by atoms with E-state index in [1.54, 1.807) is 6.20 Å². The van der Waals surface area contributed by atoms with Gasteiger partial charge in [-0.2, -0.15) is 0 Å². The monoisotopic (exact) mass is 248 g/mol. The standard InChI is InChI=1S/C14H20N2O2/c1-18-13(17)14(7-4-8-14)11-15-10-6-12-5-2-3-9-16-12/h2-3,5,9,15H,4,6-8,10-11H2,1H3. The second-order valence-corrected chi connectivity index (χ2v) is 4.87. The van der Waals surface area contributed by atoms with E-state index in [1.165, 1.54) is 7.11 Å². The Hall–Kier alpha value is -1.42. The van der Waals surface area contributed by atoms with Crippen molar-refractivity contribution in [3.63, 3.8) is 0 Å². The first-order chi connectivity index (χ1) is 8.77. The van der Waals surface area contributed by atoms with Gasteiger partial charge < -0.3 is 10.1 Å². The quantitative estimate of drug-likeness (QED) is 0.613. The first-order valence-electron chi connectivity index (χ1n) is 6.46. The third-order valence-electron chi connectivity index (χ3n) is 3.68. The van der Waals surface area contributed by atoms with Gasteiger partial charge in [0.2, 0.25) is 0 Å². The van der Waals surface area contributed by atoms with E-state index in [9.17, 15) is 4.79 Å². The first-order valence-corrected chi connectivity index (χ1v) is 6.46. The summed E-state index contributed by atoms with van der Waals surface area (Å²) in [5, 5.41) is 3.35. The lowest BCUT2D eigenvalue weighted by Gasteiger charge is -2.38. The fraction of sp³-hybridized carbons (Fsp3) is 0.571. The minimum absolute atomic E-state index is 0.0703. The number of nitrogens with one attached hydrogen (secondary N) is 1. The maximum Gasteiger partial charge on any atom is 0.313 e. The van der Waals surface area contributed by atoms with Crippen molar-refractivity contribution >= 4 is 5.97 Å². The molecule has 1 aromatic rings. The van der Waals surface area contributed by atoms with Gasteiger partial charge in [-0.3, -0.25) is 9.78 Å². The fourth-order valence-electron chi connectivity index (χ4n) is 2.36. The maximum absolute atomic E-state index is 11.7. The van der Waals surface area contributed by atoms with Crippen LogP contribution in [0.3, 0.4) is 0 Å². The van der Waals surface area contributed by atoms with Crippen LogP contribution in [0.1, 0.15) is 25.0 Å². The summed E-state index contributed by atoms with van der Waals surface area (Å²) >= 11 is 0. The van der Waals surface area contributed by atoms with Gasteiger partial charge in [-0.1, -0.05) is 12.5 Å². The lowest BCUT2D eigenvalue weighted by atomic mass is 9.68. The third kappa shape index (κ3) is 2.88. The molecular formula is C14H20N2O2. The van der Waals surface area contributed by atoms with E-state index in [0.29, 0.717) is 6.54 Å². The zero-order chi connectivity index (χ0) is 12.8. The molecule has 0 amide bonds. The van der Waals surface area contributed by atoms with E-state index in [1.807, 2.05) is 18.2 Å². The van der Waals surface area contributed by atoms with Crippen molar-refractivity contribution in [3.05, 3.63) is 30.1 Å². The molecule has 18 heavy (non-hydrogen) atoms. The van der Waals surface area contributed by atoms with Gasteiger partial charge in [-0.05, 0) is 25.0 Å². The average Bonchev–Trinajstić information content (AvgIpc) is 2.37. The van der Waals surface area contributed by atoms with Crippen molar-refractivity contribution < 1.29 is 9.53 Å². The highest BCUT2D eigenvalue weighted by molar-refractivity contribution is 5.78. The number of esters is 1. The molecule has 0 atom stereocenters. The predicted octanol–water partition coefficient (Wildman–Crippen LogP) is 1.56. The summed E-state index contributed by atoms with van der Waals surface area (Å²) in [6.07, 6.45) is 5.69. The number of aromatic nitrogens is 1. The Morgan fingerprint density at radius 1 is 1.50 bits per heavy atom. The summed E-state index contributed by atoms with van der Waals surface area (Å²) in [5.74, 6) is -0.0703. The molecule has 0 aliphatic heterocycles. The third-order valence-corrected chi connectivity index (χ3v) is 3.68. The molecule has 0 saturated heterocycles. The molecule has 4 nitrogen and oxygen atoms in total. The lowest BCUT2D eigenvalue weighted by molar-refractivity contribution is -0.158. The average molecular weight is 248 g/mol. The van der Waals surface area contributed by atoms with Crippen LogP contribution in [0.4, 0.5) is 0 Å². The Morgan fingerprint density at radius 2 is 2.33 bits per heavy atom. The van der Waals surface area contributed by atoms with Crippen molar-refractivity contribution in [2.24, 2.45) is 5.41 Å². The van der Waals surface area contributed by atoms with Crippen LogP contribution in [-0.2, 0) is 16.0 Å². The maximum atomic E-state index is 11.7. The van der Waals surface area contributed by atoms with Crippen LogP contribution in [0.2, 0.25) is 0 Å². The van der Waals surface area contributed by atoms with E-state index in [-0.39, 0.29) is 11.4 Å². The summed E-state index contributed by atoms with van der Waals surface area (Å²) in [7, 11) is 1.47. The second kappa shape index (κ2) is 5.96. The molecule has 1 heterocycles. The van der Waals surface area contributed by atoms with E-state index >= 15 is 0 Å². The fourth-order valence-corrected chi connectivity index (χ4v) is 2.36. The molecule has 1 N–H and O–H groups in total. The molecule has 0 bridgehead atoms. The minimum atomic E-state index is -0.265. The zero-order valence-electron chi connectivity index (χ0n) is 10.8. The van der Waals surface area contributed by atoms with Gasteiger partial charge in [-0.25, -0.2) is 0 Å². The van der Waals surface area contributed by atoms with Gasteiger partial charge >= 0.3 is 5.97 Å². The Labute approximate surface area is 108 Å². The Balaban J connectivity index is 1.73. The molecule has 0 spiro atoms. The molecule has 4 heteroatoms. The summed E-state index contributed by atoms with van der Waals surface area (Å²) in [6.45, 7) is 1.56. The van der Waals surface area contributed by atoms with Crippen molar-refractivity contribution in [1.82, 2.24) is 10.3 Å². The van der Waals surface area contributed by atoms with E-state index in [2.05, 4.69) is 10.3 Å². The molecule has 0 unspecified atom stereocenters. The van der Waals surface area contributed by atoms with Crippen LogP contribution in [-0.4, -0.2) is 31.2 Å². The molecule has 1 saturated carbocycles. The van der Waals surface area contributed by atoms with Gasteiger partial charge in [0, 0.05) is 31.4 Å². The summed E-state index contributed by atoms with van der Waals surface area (Å²) in [4.78, 5) is 16.0. The smallest absolute Gasteiger partial charge is 0.313 e. The number of carbonyl (C=O) groups excluding carboxylic acids is 1. The zero-order valence-corrected chi connectivity index (χ0v) is 10.8. The van der Waals surface area contributed by atoms with Crippen molar-refractivity contribution in [2.75, 3.05) is 20.2 Å². The van der Waals surface area contributed by atoms with E-state index in [0.717, 1.165) is 37.9 Å². The molecular weight excluding hydrogens is 228 g/mol. The van der Waals surface area contributed by atoms with Crippen LogP contribution in [0.15, 0.2) is 24.4 Å². The normalized spacial score (nSPS) is 16.9. The highest BCUT2D eigenvalue weighted by Crippen LogP contribution is 2.41. The predicted molar refractivity (Wildman–Crippen MR) is 69.1 cm³/mol. The molecule has 2 rings (SSSR count). The van der Waals surface area contributed by atoms with Gasteiger partial charge in [-0.15, -0.1) is 0 Å². The largest absolute Gasteiger partial charge is 0.469 e. The number of hydrogen-bond acceptors (Lipinski definition) is 4. The Bertz CT molecular complexity index is 388. The lowest BCUT2D eigenvalue weighted by Crippen LogP contribution is -2.47. The van der Waals surface area contributed by atoms with Gasteiger partial charge in [0.25, 0.3) is 0 Å². The number of pyridine rings is 1. The van der Waals surface area contributed by atoms with E-state index < -0.39 is 0 Å². The highest BCUT2D eigenvalue weighted by atomic mass is 16.5. The van der Waals surface area contributed by atoms with Crippen molar-refractivity contribution in [3.8, 4) is 0 Å². The topological polar surface area (TPSA) is 51.2 Å². The summed E-state index contributed by atoms with van der Waals surface area (Å²) < 4.78 is 4.88. The molecule has 1 fully saturated rings. The SMILES string of the molecule is COC(=O)C1(CNCCc2ccccn2)CCC1. The second-order valence-electron chi connectivity index (χ2n) is 4.87. The molecule has 0 aromatic carbocycles. The first kappa shape index (κ1) is 13.0. The van der Waals surface area contributed by atoms with Crippen molar-refractivity contribution in [2.45, 2.75) is 25.7 Å². The van der Waals surface area contributed by atoms with Crippen LogP contribution in [0.25, 0.3) is 0 Å². The van der Waals surface area contributed by atoms with E-state index in [4.69, 9.17) is 4.74 Å². The number of rotatable bonds is 6. The van der Waals surface area contributed by atoms with Crippen LogP contribution in [0, 0.1) is 5.41 Å². The van der Waals surface area contributed by atoms with Gasteiger partial charge in [0.15, 0.2) is 0 Å². The van der Waals surface area contributed by atoms with Gasteiger partial charge in [0.1, 0.15) is 0 Å².